The third kappa shape index (κ3) is 4.31. The van der Waals surface area contributed by atoms with Gasteiger partial charge in [-0.2, -0.15) is 0 Å². The first-order valence-corrected chi connectivity index (χ1v) is 16.9. The topological polar surface area (TPSA) is 46.5 Å². The number of fused-ring (bicyclic) bond motifs is 1. The molecule has 0 radical (unpaired) electrons. The summed E-state index contributed by atoms with van der Waals surface area (Å²) in [4.78, 5) is 11.3. The van der Waals surface area contributed by atoms with E-state index in [0.29, 0.717) is 5.56 Å². The van der Waals surface area contributed by atoms with E-state index < -0.39 is 14.3 Å². The molecule has 0 unspecified atom stereocenters. The third-order valence-corrected chi connectivity index (χ3v) is 14.5. The van der Waals surface area contributed by atoms with Gasteiger partial charge in [0.15, 0.2) is 0 Å². The largest absolute Gasteiger partial charge is 0.543 e. The van der Waals surface area contributed by atoms with E-state index in [1.807, 2.05) is 12.1 Å². The molecule has 4 fully saturated rings. The van der Waals surface area contributed by atoms with Crippen molar-refractivity contribution in [3.05, 3.63) is 65.7 Å². The molecular formula is C33H40O3Si. The first-order chi connectivity index (χ1) is 17.4. The highest BCUT2D eigenvalue weighted by molar-refractivity contribution is 6.74. The highest BCUT2D eigenvalue weighted by Gasteiger charge is 2.53. The van der Waals surface area contributed by atoms with Crippen molar-refractivity contribution in [2.24, 2.45) is 17.8 Å². The fourth-order valence-corrected chi connectivity index (χ4v) is 8.65. The highest BCUT2D eigenvalue weighted by Crippen LogP contribution is 2.62. The van der Waals surface area contributed by atoms with Gasteiger partial charge in [0.05, 0.1) is 5.56 Å². The number of carboxylic acid groups (broad SMARTS) is 1. The molecule has 4 aliphatic carbocycles. The smallest absolute Gasteiger partial charge is 0.335 e. The van der Waals surface area contributed by atoms with Gasteiger partial charge in [-0.05, 0) is 138 Å². The maximum Gasteiger partial charge on any atom is 0.335 e. The predicted molar refractivity (Wildman–Crippen MR) is 154 cm³/mol. The van der Waals surface area contributed by atoms with Gasteiger partial charge >= 0.3 is 5.97 Å². The van der Waals surface area contributed by atoms with Gasteiger partial charge in [-0.3, -0.25) is 0 Å². The molecule has 4 aliphatic rings. The van der Waals surface area contributed by atoms with Crippen molar-refractivity contribution in [3.8, 4) is 16.9 Å². The molecule has 0 spiro atoms. The molecule has 7 rings (SSSR count). The molecule has 3 aromatic carbocycles. The number of aromatic carboxylic acids is 1. The van der Waals surface area contributed by atoms with Crippen molar-refractivity contribution in [3.63, 3.8) is 0 Å². The lowest BCUT2D eigenvalue weighted by Gasteiger charge is -2.57. The third-order valence-electron chi connectivity index (χ3n) is 10.2. The number of hydrogen-bond acceptors (Lipinski definition) is 2. The Labute approximate surface area is 222 Å². The molecule has 4 bridgehead atoms. The molecule has 0 aliphatic heterocycles. The standard InChI is InChI=1S/C33H40O3Si/c1-32(2,3)37(4,5)36-30-17-27-11-10-26(24-6-8-25(9-7-24)31(34)35)15-28(27)16-29(30)33-18-21-12-22(19-33)14-23(13-21)20-33/h6-11,15-17,21-23H,12-14,18-20H2,1-5H3,(H,34,35). The first kappa shape index (κ1) is 24.7. The first-order valence-electron chi connectivity index (χ1n) is 14.0. The van der Waals surface area contributed by atoms with Crippen LogP contribution in [0.4, 0.5) is 0 Å². The number of carbonyl (C=O) groups is 1. The summed E-state index contributed by atoms with van der Waals surface area (Å²) in [6, 6.07) is 18.7. The van der Waals surface area contributed by atoms with Crippen LogP contribution in [0.5, 0.6) is 5.75 Å². The molecule has 3 nitrogen and oxygen atoms in total. The van der Waals surface area contributed by atoms with Crippen LogP contribution in [0, 0.1) is 17.8 Å². The van der Waals surface area contributed by atoms with E-state index in [1.165, 1.54) is 54.9 Å². The van der Waals surface area contributed by atoms with E-state index in [0.717, 1.165) is 34.6 Å². The van der Waals surface area contributed by atoms with Gasteiger partial charge in [-0.15, -0.1) is 0 Å². The minimum absolute atomic E-state index is 0.146. The second kappa shape index (κ2) is 8.46. The average molecular weight is 513 g/mol. The van der Waals surface area contributed by atoms with Crippen molar-refractivity contribution in [1.82, 2.24) is 0 Å². The lowest BCUT2D eigenvalue weighted by molar-refractivity contribution is -0.00580. The molecule has 1 N–H and O–H groups in total. The Morgan fingerprint density at radius 2 is 1.41 bits per heavy atom. The van der Waals surface area contributed by atoms with E-state index in [4.69, 9.17) is 4.43 Å². The zero-order valence-electron chi connectivity index (χ0n) is 22.9. The van der Waals surface area contributed by atoms with E-state index in [9.17, 15) is 9.90 Å². The maximum absolute atomic E-state index is 11.3. The molecule has 194 valence electrons. The Kier molecular flexibility index (Phi) is 5.65. The Balaban J connectivity index is 1.47. The van der Waals surface area contributed by atoms with Crippen molar-refractivity contribution in [1.29, 1.82) is 0 Å². The lowest BCUT2D eigenvalue weighted by atomic mass is 9.48. The minimum Gasteiger partial charge on any atom is -0.543 e. The van der Waals surface area contributed by atoms with Gasteiger partial charge in [0.25, 0.3) is 0 Å². The summed E-state index contributed by atoms with van der Waals surface area (Å²) in [5.41, 5.74) is 4.20. The van der Waals surface area contributed by atoms with E-state index >= 15 is 0 Å². The molecular weight excluding hydrogens is 472 g/mol. The molecule has 4 heteroatoms. The van der Waals surface area contributed by atoms with E-state index in [1.54, 1.807) is 12.1 Å². The van der Waals surface area contributed by atoms with Gasteiger partial charge in [0, 0.05) is 0 Å². The van der Waals surface area contributed by atoms with Crippen LogP contribution in [0.25, 0.3) is 21.9 Å². The van der Waals surface area contributed by atoms with Crippen LogP contribution >= 0.6 is 0 Å². The highest BCUT2D eigenvalue weighted by atomic mass is 28.4. The van der Waals surface area contributed by atoms with Crippen LogP contribution < -0.4 is 4.43 Å². The minimum atomic E-state index is -2.00. The Hall–Kier alpha value is -2.59. The monoisotopic (exact) mass is 512 g/mol. The molecule has 37 heavy (non-hydrogen) atoms. The summed E-state index contributed by atoms with van der Waals surface area (Å²) < 4.78 is 7.13. The normalized spacial score (nSPS) is 27.0. The molecule has 0 amide bonds. The van der Waals surface area contributed by atoms with Crippen molar-refractivity contribution >= 4 is 25.1 Å². The quantitative estimate of drug-likeness (QED) is 0.347. The number of carboxylic acids is 1. The fraction of sp³-hybridized carbons (Fsp3) is 0.485. The van der Waals surface area contributed by atoms with Crippen LogP contribution in [-0.2, 0) is 5.41 Å². The summed E-state index contributed by atoms with van der Waals surface area (Å²) in [6.45, 7) is 11.7. The number of rotatable bonds is 5. The Bertz CT molecular complexity index is 1330. The zero-order chi connectivity index (χ0) is 26.2. The van der Waals surface area contributed by atoms with Crippen LogP contribution in [0.3, 0.4) is 0 Å². The number of hydrogen-bond donors (Lipinski definition) is 1. The van der Waals surface area contributed by atoms with E-state index in [-0.39, 0.29) is 10.5 Å². The van der Waals surface area contributed by atoms with Crippen molar-refractivity contribution < 1.29 is 14.3 Å². The van der Waals surface area contributed by atoms with Crippen LogP contribution in [0.2, 0.25) is 18.1 Å². The second-order valence-corrected chi connectivity index (χ2v) is 18.6. The van der Waals surface area contributed by atoms with Gasteiger partial charge in [-0.25, -0.2) is 4.79 Å². The second-order valence-electron chi connectivity index (χ2n) is 13.9. The maximum atomic E-state index is 11.3. The molecule has 4 saturated carbocycles. The van der Waals surface area contributed by atoms with Gasteiger partial charge in [-0.1, -0.05) is 45.0 Å². The van der Waals surface area contributed by atoms with Crippen LogP contribution in [-0.4, -0.2) is 19.4 Å². The van der Waals surface area contributed by atoms with Gasteiger partial charge in [0.1, 0.15) is 5.75 Å². The van der Waals surface area contributed by atoms with Crippen LogP contribution in [0.1, 0.15) is 75.2 Å². The zero-order valence-corrected chi connectivity index (χ0v) is 23.9. The molecule has 0 saturated heterocycles. The Morgan fingerprint density at radius 3 is 1.95 bits per heavy atom. The van der Waals surface area contributed by atoms with Gasteiger partial charge in [0.2, 0.25) is 8.32 Å². The van der Waals surface area contributed by atoms with E-state index in [2.05, 4.69) is 64.2 Å². The molecule has 3 aromatic rings. The molecule has 0 heterocycles. The lowest BCUT2D eigenvalue weighted by Crippen LogP contribution is -2.49. The SMILES string of the molecule is CC(C)(C)[Si](C)(C)Oc1cc2ccc(-c3ccc(C(=O)O)cc3)cc2cc1C12CC3CC(CC(C3)C1)C2. The van der Waals surface area contributed by atoms with Crippen molar-refractivity contribution in [2.75, 3.05) is 0 Å². The molecule has 0 atom stereocenters. The summed E-state index contributed by atoms with van der Waals surface area (Å²) in [5.74, 6) is 2.88. The average Bonchev–Trinajstić information content (AvgIpc) is 2.81. The predicted octanol–water partition coefficient (Wildman–Crippen LogP) is 9.06. The van der Waals surface area contributed by atoms with Crippen molar-refractivity contribution in [2.45, 2.75) is 82.8 Å². The molecule has 0 aromatic heterocycles. The Morgan fingerprint density at radius 1 is 0.838 bits per heavy atom. The summed E-state index contributed by atoms with van der Waals surface area (Å²) in [6.07, 6.45) is 8.24. The summed E-state index contributed by atoms with van der Waals surface area (Å²) >= 11 is 0. The fourth-order valence-electron chi connectivity index (χ4n) is 7.63. The number of benzene rings is 3. The van der Waals surface area contributed by atoms with Gasteiger partial charge < -0.3 is 9.53 Å². The summed E-state index contributed by atoms with van der Waals surface area (Å²) in [5, 5.41) is 11.9. The summed E-state index contributed by atoms with van der Waals surface area (Å²) in [7, 11) is -2.00. The van der Waals surface area contributed by atoms with Crippen LogP contribution in [0.15, 0.2) is 54.6 Å².